The molecule has 0 aliphatic heterocycles. The van der Waals surface area contributed by atoms with Crippen LogP contribution in [0, 0.1) is 6.92 Å². The lowest BCUT2D eigenvalue weighted by molar-refractivity contribution is 0.413. The van der Waals surface area contributed by atoms with Crippen LogP contribution in [0.3, 0.4) is 0 Å². The quantitative estimate of drug-likeness (QED) is 0.412. The molecule has 7 heteroatoms. The van der Waals surface area contributed by atoms with Gasteiger partial charge in [-0.25, -0.2) is 4.98 Å². The molecule has 0 saturated heterocycles. The van der Waals surface area contributed by atoms with Gasteiger partial charge in [-0.15, -0.1) is 10.2 Å². The minimum absolute atomic E-state index is 0.521. The number of nitrogens with zero attached hydrogens (tertiary/aromatic N) is 3. The summed E-state index contributed by atoms with van der Waals surface area (Å²) in [5, 5.41) is 8.77. The molecule has 4 rings (SSSR count). The Kier molecular flexibility index (Phi) is 5.43. The molecule has 4 aromatic rings. The summed E-state index contributed by atoms with van der Waals surface area (Å²) in [6.45, 7) is 1.91. The van der Waals surface area contributed by atoms with Crippen LogP contribution in [0.2, 0.25) is 0 Å². The topological polar surface area (TPSA) is 74.2 Å². The smallest absolute Gasteiger partial charge is 0.276 e. The van der Waals surface area contributed by atoms with Gasteiger partial charge in [-0.05, 0) is 36.8 Å². The van der Waals surface area contributed by atoms with Crippen LogP contribution in [0.5, 0.6) is 5.75 Å². The third kappa shape index (κ3) is 4.26. The normalized spacial score (nSPS) is 10.9. The molecule has 28 heavy (non-hydrogen) atoms. The minimum Gasteiger partial charge on any atom is -0.497 e. The van der Waals surface area contributed by atoms with Gasteiger partial charge in [-0.1, -0.05) is 42.1 Å². The van der Waals surface area contributed by atoms with Gasteiger partial charge in [0.1, 0.15) is 11.5 Å². The Labute approximate surface area is 167 Å². The molecule has 0 unspecified atom stereocenters. The molecule has 0 N–H and O–H groups in total. The Balaban J connectivity index is 1.38. The molecule has 6 nitrogen and oxygen atoms in total. The van der Waals surface area contributed by atoms with Crippen molar-refractivity contribution in [3.05, 3.63) is 77.5 Å². The summed E-state index contributed by atoms with van der Waals surface area (Å²) in [5.74, 6) is 3.42. The zero-order valence-electron chi connectivity index (χ0n) is 15.6. The first-order valence-electron chi connectivity index (χ1n) is 8.81. The predicted molar refractivity (Wildman–Crippen MR) is 106 cm³/mol. The lowest BCUT2D eigenvalue weighted by Crippen LogP contribution is -1.89. The summed E-state index contributed by atoms with van der Waals surface area (Å²) in [7, 11) is 1.65. The van der Waals surface area contributed by atoms with E-state index in [-0.39, 0.29) is 0 Å². The van der Waals surface area contributed by atoms with E-state index < -0.39 is 0 Å². The number of oxazole rings is 1. The number of benzene rings is 2. The maximum Gasteiger partial charge on any atom is 0.276 e. The SMILES string of the molecule is COc1ccc(Cc2nnc(SCc3nc(-c4ccccc4)oc3C)o2)cc1. The summed E-state index contributed by atoms with van der Waals surface area (Å²) in [6, 6.07) is 17.7. The summed E-state index contributed by atoms with van der Waals surface area (Å²) in [6.07, 6.45) is 0.582. The van der Waals surface area contributed by atoms with Gasteiger partial charge in [-0.2, -0.15) is 0 Å². The van der Waals surface area contributed by atoms with Gasteiger partial charge in [-0.3, -0.25) is 0 Å². The van der Waals surface area contributed by atoms with Crippen molar-refractivity contribution in [2.45, 2.75) is 24.3 Å². The van der Waals surface area contributed by atoms with Crippen molar-refractivity contribution in [1.29, 1.82) is 0 Å². The van der Waals surface area contributed by atoms with E-state index in [1.165, 1.54) is 11.8 Å². The van der Waals surface area contributed by atoms with Gasteiger partial charge < -0.3 is 13.6 Å². The van der Waals surface area contributed by atoms with Crippen molar-refractivity contribution in [3.8, 4) is 17.2 Å². The lowest BCUT2D eigenvalue weighted by atomic mass is 10.1. The summed E-state index contributed by atoms with van der Waals surface area (Å²) >= 11 is 1.45. The Morgan fingerprint density at radius 1 is 0.964 bits per heavy atom. The fourth-order valence-corrected chi connectivity index (χ4v) is 3.46. The van der Waals surface area contributed by atoms with Crippen LogP contribution in [0.1, 0.15) is 22.9 Å². The molecule has 0 spiro atoms. The van der Waals surface area contributed by atoms with Gasteiger partial charge in [0.25, 0.3) is 5.22 Å². The first-order valence-corrected chi connectivity index (χ1v) is 9.79. The van der Waals surface area contributed by atoms with Crippen LogP contribution in [0.4, 0.5) is 0 Å². The van der Waals surface area contributed by atoms with E-state index in [2.05, 4.69) is 15.2 Å². The molecule has 0 radical (unpaired) electrons. The number of ether oxygens (including phenoxy) is 1. The average Bonchev–Trinajstić information content (AvgIpc) is 3.34. The van der Waals surface area contributed by atoms with E-state index in [4.69, 9.17) is 13.6 Å². The average molecular weight is 393 g/mol. The van der Waals surface area contributed by atoms with Crippen molar-refractivity contribution < 1.29 is 13.6 Å². The first kappa shape index (κ1) is 18.3. The van der Waals surface area contributed by atoms with Crippen LogP contribution in [0.15, 0.2) is 68.7 Å². The highest BCUT2D eigenvalue weighted by Crippen LogP contribution is 2.27. The molecular weight excluding hydrogens is 374 g/mol. The van der Waals surface area contributed by atoms with Crippen LogP contribution in [-0.4, -0.2) is 22.3 Å². The van der Waals surface area contributed by atoms with Crippen LogP contribution in [-0.2, 0) is 12.2 Å². The maximum absolute atomic E-state index is 5.79. The molecule has 0 fully saturated rings. The van der Waals surface area contributed by atoms with E-state index in [0.29, 0.717) is 29.2 Å². The molecule has 0 amide bonds. The van der Waals surface area contributed by atoms with E-state index in [0.717, 1.165) is 28.3 Å². The van der Waals surface area contributed by atoms with Gasteiger partial charge in [0, 0.05) is 11.3 Å². The monoisotopic (exact) mass is 393 g/mol. The van der Waals surface area contributed by atoms with Crippen LogP contribution >= 0.6 is 11.8 Å². The van der Waals surface area contributed by atoms with Crippen molar-refractivity contribution in [1.82, 2.24) is 15.2 Å². The summed E-state index contributed by atoms with van der Waals surface area (Å²) in [5.41, 5.74) is 2.92. The van der Waals surface area contributed by atoms with Crippen molar-refractivity contribution in [2.24, 2.45) is 0 Å². The Morgan fingerprint density at radius 3 is 2.50 bits per heavy atom. The minimum atomic E-state index is 0.521. The van der Waals surface area contributed by atoms with E-state index in [1.54, 1.807) is 7.11 Å². The highest BCUT2D eigenvalue weighted by molar-refractivity contribution is 7.98. The van der Waals surface area contributed by atoms with Gasteiger partial charge in [0.05, 0.1) is 19.2 Å². The fourth-order valence-electron chi connectivity index (χ4n) is 2.68. The molecule has 0 aliphatic carbocycles. The molecule has 0 saturated carbocycles. The van der Waals surface area contributed by atoms with Crippen molar-refractivity contribution in [2.75, 3.05) is 7.11 Å². The Morgan fingerprint density at radius 2 is 1.75 bits per heavy atom. The lowest BCUT2D eigenvalue weighted by Gasteiger charge is -2.00. The number of hydrogen-bond donors (Lipinski definition) is 0. The molecule has 2 aromatic heterocycles. The molecule has 142 valence electrons. The van der Waals surface area contributed by atoms with Crippen LogP contribution < -0.4 is 4.74 Å². The fraction of sp³-hybridized carbons (Fsp3) is 0.190. The molecule has 2 heterocycles. The third-order valence-electron chi connectivity index (χ3n) is 4.21. The van der Waals surface area contributed by atoms with E-state index >= 15 is 0 Å². The van der Waals surface area contributed by atoms with E-state index in [1.807, 2.05) is 61.5 Å². The first-order chi connectivity index (χ1) is 13.7. The molecule has 0 atom stereocenters. The molecule has 0 aliphatic rings. The number of aromatic nitrogens is 3. The second-order valence-corrected chi connectivity index (χ2v) is 7.09. The highest BCUT2D eigenvalue weighted by atomic mass is 32.2. The maximum atomic E-state index is 5.79. The van der Waals surface area contributed by atoms with Crippen LogP contribution in [0.25, 0.3) is 11.5 Å². The van der Waals surface area contributed by atoms with Crippen molar-refractivity contribution >= 4 is 11.8 Å². The molecular formula is C21H19N3O3S. The van der Waals surface area contributed by atoms with Gasteiger partial charge in [0.15, 0.2) is 0 Å². The summed E-state index contributed by atoms with van der Waals surface area (Å²) < 4.78 is 16.7. The zero-order chi connectivity index (χ0) is 19.3. The van der Waals surface area contributed by atoms with E-state index in [9.17, 15) is 0 Å². The largest absolute Gasteiger partial charge is 0.497 e. The summed E-state index contributed by atoms with van der Waals surface area (Å²) in [4.78, 5) is 4.60. The van der Waals surface area contributed by atoms with Gasteiger partial charge in [0.2, 0.25) is 11.8 Å². The van der Waals surface area contributed by atoms with Crippen molar-refractivity contribution in [3.63, 3.8) is 0 Å². The number of methoxy groups -OCH3 is 1. The zero-order valence-corrected chi connectivity index (χ0v) is 16.4. The number of hydrogen-bond acceptors (Lipinski definition) is 7. The number of aryl methyl sites for hydroxylation is 1. The molecule has 0 bridgehead atoms. The standard InChI is InChI=1S/C21H19N3O3S/c1-14-18(22-20(26-14)16-6-4-3-5-7-16)13-28-21-24-23-19(27-21)12-15-8-10-17(25-2)11-9-15/h3-11H,12-13H2,1-2H3. The molecule has 2 aromatic carbocycles. The second-order valence-electron chi connectivity index (χ2n) is 6.16. The Bertz CT molecular complexity index is 1040. The third-order valence-corrected chi connectivity index (χ3v) is 5.04. The predicted octanol–water partition coefficient (Wildman–Crippen LogP) is 4.92. The second kappa shape index (κ2) is 8.31. The number of rotatable bonds is 7. The highest BCUT2D eigenvalue weighted by Gasteiger charge is 2.14. The number of thioether (sulfide) groups is 1. The van der Waals surface area contributed by atoms with Gasteiger partial charge >= 0.3 is 0 Å². The Hall–Kier alpha value is -3.06.